The van der Waals surface area contributed by atoms with Gasteiger partial charge < -0.3 is 19.7 Å². The number of fused-ring (bicyclic) bond motifs is 4. The van der Waals surface area contributed by atoms with Crippen LogP contribution in [0.2, 0.25) is 0 Å². The second kappa shape index (κ2) is 8.75. The zero-order chi connectivity index (χ0) is 27.0. The Balaban J connectivity index is 1.60. The first-order valence-corrected chi connectivity index (χ1v) is 13.3. The molecule has 6 rings (SSSR count). The fourth-order valence-electron chi connectivity index (χ4n) is 7.10. The van der Waals surface area contributed by atoms with Crippen LogP contribution < -0.4 is 0 Å². The summed E-state index contributed by atoms with van der Waals surface area (Å²) >= 11 is 0. The monoisotopic (exact) mass is 528 g/mol. The van der Waals surface area contributed by atoms with Crippen molar-refractivity contribution in [3.8, 4) is 6.07 Å². The quantitative estimate of drug-likeness (QED) is 0.507. The Labute approximate surface area is 219 Å². The zero-order valence-electron chi connectivity index (χ0n) is 21.4. The molecule has 2 unspecified atom stereocenters. The maximum atomic E-state index is 13.5. The summed E-state index contributed by atoms with van der Waals surface area (Å²) < 4.78 is 53.1. The molecular formula is C29H31F3N2O4. The first kappa shape index (κ1) is 25.8. The topological polar surface area (TPSA) is 95.6 Å². The van der Waals surface area contributed by atoms with E-state index in [4.69, 9.17) is 14.5 Å². The highest BCUT2D eigenvalue weighted by Crippen LogP contribution is 2.63. The summed E-state index contributed by atoms with van der Waals surface area (Å²) in [5.41, 5.74) is 1.12. The minimum Gasteiger partial charge on any atom is -0.388 e. The molecule has 0 bridgehead atoms. The largest absolute Gasteiger partial charge is 0.417 e. The van der Waals surface area contributed by atoms with Crippen molar-refractivity contribution in [3.05, 3.63) is 63.0 Å². The first-order chi connectivity index (χ1) is 18.0. The van der Waals surface area contributed by atoms with Gasteiger partial charge in [0.25, 0.3) is 0 Å². The smallest absolute Gasteiger partial charge is 0.388 e. The van der Waals surface area contributed by atoms with Crippen LogP contribution in [0.25, 0.3) is 0 Å². The predicted molar refractivity (Wildman–Crippen MR) is 130 cm³/mol. The molecule has 38 heavy (non-hydrogen) atoms. The van der Waals surface area contributed by atoms with E-state index < -0.39 is 41.2 Å². The van der Waals surface area contributed by atoms with Crippen LogP contribution in [-0.4, -0.2) is 28.4 Å². The number of aliphatic hydroxyl groups is 2. The number of nitriles is 1. The highest BCUT2D eigenvalue weighted by atomic mass is 19.4. The van der Waals surface area contributed by atoms with E-state index in [0.717, 1.165) is 36.5 Å². The number of hydrogen-bond donors (Lipinski definition) is 2. The van der Waals surface area contributed by atoms with Crippen LogP contribution in [0.1, 0.15) is 121 Å². The Kier molecular flexibility index (Phi) is 5.93. The highest BCUT2D eigenvalue weighted by molar-refractivity contribution is 5.56. The molecule has 9 heteroatoms. The molecule has 0 amide bonds. The molecule has 6 nitrogen and oxygen atoms in total. The second-order valence-electron chi connectivity index (χ2n) is 11.6. The summed E-state index contributed by atoms with van der Waals surface area (Å²) in [5.74, 6) is -0.0800. The fourth-order valence-corrected chi connectivity index (χ4v) is 7.10. The molecule has 2 fully saturated rings. The normalized spacial score (nSPS) is 27.2. The van der Waals surface area contributed by atoms with Crippen LogP contribution in [0.4, 0.5) is 13.2 Å². The summed E-state index contributed by atoms with van der Waals surface area (Å²) in [6.45, 7) is 4.83. The van der Waals surface area contributed by atoms with Gasteiger partial charge in [0, 0.05) is 48.3 Å². The predicted octanol–water partition coefficient (Wildman–Crippen LogP) is 5.86. The average Bonchev–Trinajstić information content (AvgIpc) is 3.17. The maximum Gasteiger partial charge on any atom is 0.417 e. The minimum atomic E-state index is -4.65. The van der Waals surface area contributed by atoms with E-state index in [0.29, 0.717) is 55.0 Å². The van der Waals surface area contributed by atoms with Gasteiger partial charge in [-0.15, -0.1) is 0 Å². The zero-order valence-corrected chi connectivity index (χ0v) is 21.4. The summed E-state index contributed by atoms with van der Waals surface area (Å²) in [4.78, 5) is 4.98. The van der Waals surface area contributed by atoms with Gasteiger partial charge in [-0.25, -0.2) is 0 Å². The molecule has 1 saturated carbocycles. The minimum absolute atomic E-state index is 0.0800. The average molecular weight is 529 g/mol. The molecule has 0 radical (unpaired) electrons. The number of pyridine rings is 1. The molecule has 2 aromatic rings. The Hall–Kier alpha value is -2.51. The van der Waals surface area contributed by atoms with Crippen molar-refractivity contribution >= 4 is 0 Å². The third-order valence-corrected chi connectivity index (χ3v) is 9.13. The molecule has 2 N–H and O–H groups in total. The third kappa shape index (κ3) is 3.64. The number of aliphatic hydroxyl groups excluding tert-OH is 2. The first-order valence-electron chi connectivity index (χ1n) is 13.3. The summed E-state index contributed by atoms with van der Waals surface area (Å²) in [5, 5.41) is 32.6. The molecule has 202 valence electrons. The van der Waals surface area contributed by atoms with E-state index >= 15 is 0 Å². The van der Waals surface area contributed by atoms with Gasteiger partial charge in [0.15, 0.2) is 0 Å². The number of nitrogens with zero attached hydrogens (tertiary/aromatic N) is 2. The van der Waals surface area contributed by atoms with Gasteiger partial charge >= 0.3 is 6.18 Å². The Bertz CT molecular complexity index is 1320. The highest BCUT2D eigenvalue weighted by Gasteiger charge is 2.56. The Morgan fingerprint density at radius 1 is 1.11 bits per heavy atom. The van der Waals surface area contributed by atoms with Crippen molar-refractivity contribution in [2.75, 3.05) is 13.2 Å². The van der Waals surface area contributed by atoms with Gasteiger partial charge in [0.05, 0.1) is 34.6 Å². The molecule has 2 spiro atoms. The Morgan fingerprint density at radius 3 is 2.39 bits per heavy atom. The van der Waals surface area contributed by atoms with Gasteiger partial charge in [-0.1, -0.05) is 26.3 Å². The number of rotatable bonds is 2. The number of hydrogen-bond acceptors (Lipinski definition) is 6. The van der Waals surface area contributed by atoms with Crippen molar-refractivity contribution < 1.29 is 32.9 Å². The molecule has 3 atom stereocenters. The molecule has 1 saturated heterocycles. The molecule has 2 aliphatic carbocycles. The second-order valence-corrected chi connectivity index (χ2v) is 11.6. The lowest BCUT2D eigenvalue weighted by Gasteiger charge is -2.51. The van der Waals surface area contributed by atoms with E-state index in [1.54, 1.807) is 6.07 Å². The molecule has 2 aliphatic heterocycles. The summed E-state index contributed by atoms with van der Waals surface area (Å²) in [7, 11) is 0. The summed E-state index contributed by atoms with van der Waals surface area (Å²) in [6, 6.07) is 5.26. The number of benzene rings is 1. The number of halogens is 3. The van der Waals surface area contributed by atoms with E-state index in [1.807, 2.05) is 13.8 Å². The van der Waals surface area contributed by atoms with Crippen molar-refractivity contribution in [2.45, 2.75) is 88.4 Å². The van der Waals surface area contributed by atoms with Gasteiger partial charge in [-0.05, 0) is 48.4 Å². The number of aromatic nitrogens is 1. The van der Waals surface area contributed by atoms with Crippen LogP contribution in [0.3, 0.4) is 0 Å². The molecular weight excluding hydrogens is 497 g/mol. The lowest BCUT2D eigenvalue weighted by Crippen LogP contribution is -2.43. The standard InChI is InChI=1S/C29H31F3N2O4/c1-15(2)23-21-22(20-19(35)13-27(6-3-7-27)26(36)24(20)34-23)28(8-10-37-11-9-28)38-25(21)16-4-5-18(29(30,31)32)17(12-16)14-33/h4-5,12,15,19,25-26,35-36H,3,6-11,13H2,1-2H3/t19?,25?,26-/m0/s1. The van der Waals surface area contributed by atoms with Crippen LogP contribution in [0.5, 0.6) is 0 Å². The third-order valence-electron chi connectivity index (χ3n) is 9.13. The van der Waals surface area contributed by atoms with Crippen LogP contribution >= 0.6 is 0 Å². The SMILES string of the molecule is CC(C)c1nc2c(c3c1C(c1ccc(C(F)(F)F)c(C#N)c1)OC31CCOCC1)C(O)CC1(CCC1)[C@H]2O. The van der Waals surface area contributed by atoms with Gasteiger partial charge in [0.1, 0.15) is 12.2 Å². The Morgan fingerprint density at radius 2 is 1.82 bits per heavy atom. The van der Waals surface area contributed by atoms with Crippen LogP contribution in [0.15, 0.2) is 18.2 Å². The number of alkyl halides is 3. The van der Waals surface area contributed by atoms with Gasteiger partial charge in [-0.2, -0.15) is 18.4 Å². The maximum absolute atomic E-state index is 13.5. The molecule has 1 aromatic heterocycles. The van der Waals surface area contributed by atoms with Crippen molar-refractivity contribution in [3.63, 3.8) is 0 Å². The fraction of sp³-hybridized carbons (Fsp3) is 0.586. The van der Waals surface area contributed by atoms with Crippen molar-refractivity contribution in [1.29, 1.82) is 5.26 Å². The van der Waals surface area contributed by atoms with Gasteiger partial charge in [0.2, 0.25) is 0 Å². The van der Waals surface area contributed by atoms with Gasteiger partial charge in [-0.3, -0.25) is 4.98 Å². The van der Waals surface area contributed by atoms with Crippen LogP contribution in [-0.2, 0) is 21.3 Å². The molecule has 1 aromatic carbocycles. The van der Waals surface area contributed by atoms with E-state index in [9.17, 15) is 28.6 Å². The number of ether oxygens (including phenoxy) is 2. The van der Waals surface area contributed by atoms with E-state index in [-0.39, 0.29) is 11.3 Å². The molecule has 3 heterocycles. The van der Waals surface area contributed by atoms with E-state index in [2.05, 4.69) is 0 Å². The lowest BCUT2D eigenvalue weighted by molar-refractivity contribution is -0.138. The summed E-state index contributed by atoms with van der Waals surface area (Å²) in [6.07, 6.45) is -2.94. The molecule has 4 aliphatic rings. The van der Waals surface area contributed by atoms with E-state index in [1.165, 1.54) is 12.1 Å². The van der Waals surface area contributed by atoms with Crippen molar-refractivity contribution in [2.24, 2.45) is 5.41 Å². The lowest BCUT2D eigenvalue weighted by atomic mass is 9.57. The van der Waals surface area contributed by atoms with Crippen molar-refractivity contribution in [1.82, 2.24) is 4.98 Å². The van der Waals surface area contributed by atoms with Crippen LogP contribution in [0, 0.1) is 16.7 Å².